The Balaban J connectivity index is 1.35. The second-order valence-electron chi connectivity index (χ2n) is 8.64. The Labute approximate surface area is 185 Å². The third kappa shape index (κ3) is 5.61. The number of benzene rings is 1. The molecule has 1 fully saturated rings. The lowest BCUT2D eigenvalue weighted by Crippen LogP contribution is -2.46. The van der Waals surface area contributed by atoms with Crippen LogP contribution >= 0.6 is 11.8 Å². The number of likely N-dealkylation sites (tertiary alicyclic amines) is 1. The highest BCUT2D eigenvalue weighted by atomic mass is 32.2. The van der Waals surface area contributed by atoms with Crippen molar-refractivity contribution in [3.63, 3.8) is 0 Å². The van der Waals surface area contributed by atoms with Crippen molar-refractivity contribution >= 4 is 11.8 Å². The summed E-state index contributed by atoms with van der Waals surface area (Å²) in [6.45, 7) is 6.18. The van der Waals surface area contributed by atoms with Crippen LogP contribution in [0.3, 0.4) is 0 Å². The van der Waals surface area contributed by atoms with Gasteiger partial charge in [0.1, 0.15) is 0 Å². The van der Waals surface area contributed by atoms with E-state index < -0.39 is 0 Å². The molecule has 2 heterocycles. The van der Waals surface area contributed by atoms with Crippen LogP contribution in [0, 0.1) is 5.92 Å². The quantitative estimate of drug-likeness (QED) is 0.451. The third-order valence-electron chi connectivity index (χ3n) is 6.49. The van der Waals surface area contributed by atoms with Crippen molar-refractivity contribution in [2.75, 3.05) is 46.2 Å². The minimum absolute atomic E-state index is 0.685. The maximum absolute atomic E-state index is 5.39. The van der Waals surface area contributed by atoms with Crippen molar-refractivity contribution in [3.05, 3.63) is 53.3 Å². The van der Waals surface area contributed by atoms with Gasteiger partial charge < -0.3 is 4.74 Å². The number of rotatable bonds is 9. The standard InChI is InChI=1S/C24H34N4OS/c1-29-11-10-27(17-20-14-25-24(30-2)26-15-20)16-19-6-5-9-28(18-19)23-12-21-7-3-4-8-22(21)13-23/h3-4,7-8,14-15,19,23H,5-6,9-13,16-18H2,1-2H3/t19-/m1/s1. The number of ether oxygens (including phenoxy) is 1. The van der Waals surface area contributed by atoms with Gasteiger partial charge in [-0.3, -0.25) is 9.80 Å². The molecular weight excluding hydrogens is 392 g/mol. The van der Waals surface area contributed by atoms with E-state index in [0.717, 1.165) is 31.4 Å². The van der Waals surface area contributed by atoms with E-state index in [-0.39, 0.29) is 0 Å². The average molecular weight is 427 g/mol. The van der Waals surface area contributed by atoms with Crippen LogP contribution in [0.1, 0.15) is 29.5 Å². The van der Waals surface area contributed by atoms with Gasteiger partial charge in [-0.25, -0.2) is 9.97 Å². The minimum atomic E-state index is 0.685. The summed E-state index contributed by atoms with van der Waals surface area (Å²) in [6.07, 6.45) is 11.0. The number of fused-ring (bicyclic) bond motifs is 1. The highest BCUT2D eigenvalue weighted by Crippen LogP contribution is 2.29. The first-order valence-corrected chi connectivity index (χ1v) is 12.3. The van der Waals surface area contributed by atoms with E-state index in [2.05, 4.69) is 44.0 Å². The van der Waals surface area contributed by atoms with Crippen LogP contribution in [0.4, 0.5) is 0 Å². The molecule has 30 heavy (non-hydrogen) atoms. The summed E-state index contributed by atoms with van der Waals surface area (Å²) in [5.74, 6) is 0.714. The molecule has 0 N–H and O–H groups in total. The zero-order valence-corrected chi connectivity index (χ0v) is 19.1. The van der Waals surface area contributed by atoms with Crippen molar-refractivity contribution in [2.45, 2.75) is 43.4 Å². The van der Waals surface area contributed by atoms with Crippen LogP contribution in [-0.4, -0.2) is 72.0 Å². The van der Waals surface area contributed by atoms with Gasteiger partial charge in [-0.05, 0) is 55.5 Å². The van der Waals surface area contributed by atoms with E-state index in [9.17, 15) is 0 Å². The molecule has 0 radical (unpaired) electrons. The molecule has 1 aliphatic heterocycles. The molecule has 1 aromatic carbocycles. The fourth-order valence-corrected chi connectivity index (χ4v) is 5.30. The average Bonchev–Trinajstić information content (AvgIpc) is 3.23. The van der Waals surface area contributed by atoms with E-state index in [1.807, 2.05) is 18.6 Å². The molecule has 1 atom stereocenters. The molecule has 162 valence electrons. The topological polar surface area (TPSA) is 41.5 Å². The summed E-state index contributed by atoms with van der Waals surface area (Å²) in [5.41, 5.74) is 4.29. The Morgan fingerprint density at radius 2 is 1.90 bits per heavy atom. The van der Waals surface area contributed by atoms with Gasteiger partial charge in [0, 0.05) is 57.3 Å². The number of hydrogen-bond acceptors (Lipinski definition) is 6. The molecule has 5 nitrogen and oxygen atoms in total. The molecule has 1 aromatic heterocycles. The molecule has 0 saturated carbocycles. The van der Waals surface area contributed by atoms with Crippen molar-refractivity contribution in [1.29, 1.82) is 0 Å². The normalized spacial score (nSPS) is 20.0. The first-order chi connectivity index (χ1) is 14.7. The zero-order chi connectivity index (χ0) is 20.8. The Morgan fingerprint density at radius 3 is 2.57 bits per heavy atom. The summed E-state index contributed by atoms with van der Waals surface area (Å²) in [7, 11) is 1.79. The van der Waals surface area contributed by atoms with E-state index in [1.54, 1.807) is 30.0 Å². The van der Waals surface area contributed by atoms with Crippen molar-refractivity contribution in [2.24, 2.45) is 5.92 Å². The Bertz CT molecular complexity index is 775. The first kappa shape index (κ1) is 21.8. The summed E-state index contributed by atoms with van der Waals surface area (Å²) in [6, 6.07) is 9.68. The Kier molecular flexibility index (Phi) is 7.77. The van der Waals surface area contributed by atoms with Crippen LogP contribution in [0.5, 0.6) is 0 Å². The molecule has 1 aliphatic carbocycles. The van der Waals surface area contributed by atoms with E-state index in [1.165, 1.54) is 44.3 Å². The van der Waals surface area contributed by atoms with Crippen molar-refractivity contribution in [1.82, 2.24) is 19.8 Å². The van der Waals surface area contributed by atoms with Gasteiger partial charge >= 0.3 is 0 Å². The van der Waals surface area contributed by atoms with Crippen LogP contribution in [0.15, 0.2) is 41.8 Å². The predicted octanol–water partition coefficient (Wildman–Crippen LogP) is 3.53. The smallest absolute Gasteiger partial charge is 0.187 e. The van der Waals surface area contributed by atoms with Gasteiger partial charge in [-0.1, -0.05) is 36.0 Å². The highest BCUT2D eigenvalue weighted by Gasteiger charge is 2.31. The first-order valence-electron chi connectivity index (χ1n) is 11.1. The molecule has 1 saturated heterocycles. The van der Waals surface area contributed by atoms with Gasteiger partial charge in [0.2, 0.25) is 0 Å². The highest BCUT2D eigenvalue weighted by molar-refractivity contribution is 7.98. The number of nitrogens with zero attached hydrogens (tertiary/aromatic N) is 4. The summed E-state index contributed by atoms with van der Waals surface area (Å²) >= 11 is 1.59. The molecule has 4 rings (SSSR count). The van der Waals surface area contributed by atoms with Crippen LogP contribution < -0.4 is 0 Å². The molecule has 0 spiro atoms. The lowest BCUT2D eigenvalue weighted by Gasteiger charge is -2.38. The van der Waals surface area contributed by atoms with Gasteiger partial charge in [0.05, 0.1) is 6.61 Å². The molecule has 2 aliphatic rings. The Morgan fingerprint density at radius 1 is 1.17 bits per heavy atom. The molecule has 0 amide bonds. The summed E-state index contributed by atoms with van der Waals surface area (Å²) in [5, 5.41) is 0.836. The number of methoxy groups -OCH3 is 1. The monoisotopic (exact) mass is 426 g/mol. The summed E-state index contributed by atoms with van der Waals surface area (Å²) < 4.78 is 5.39. The molecule has 0 bridgehead atoms. The van der Waals surface area contributed by atoms with Gasteiger partial charge in [0.25, 0.3) is 0 Å². The molecule has 0 unspecified atom stereocenters. The second kappa shape index (κ2) is 10.7. The maximum Gasteiger partial charge on any atom is 0.187 e. The van der Waals surface area contributed by atoms with E-state index in [4.69, 9.17) is 4.74 Å². The Hall–Kier alpha value is -1.47. The van der Waals surface area contributed by atoms with Crippen LogP contribution in [0.2, 0.25) is 0 Å². The fourth-order valence-electron chi connectivity index (χ4n) is 4.98. The largest absolute Gasteiger partial charge is 0.383 e. The minimum Gasteiger partial charge on any atom is -0.383 e. The number of hydrogen-bond donors (Lipinski definition) is 0. The number of thioether (sulfide) groups is 1. The lowest BCUT2D eigenvalue weighted by atomic mass is 9.95. The van der Waals surface area contributed by atoms with E-state index >= 15 is 0 Å². The maximum atomic E-state index is 5.39. The predicted molar refractivity (Wildman–Crippen MR) is 123 cm³/mol. The summed E-state index contributed by atoms with van der Waals surface area (Å²) in [4.78, 5) is 14.2. The van der Waals surface area contributed by atoms with Gasteiger partial charge in [-0.15, -0.1) is 0 Å². The molecule has 6 heteroatoms. The molecular formula is C24H34N4OS. The van der Waals surface area contributed by atoms with E-state index in [0.29, 0.717) is 12.0 Å². The van der Waals surface area contributed by atoms with Gasteiger partial charge in [0.15, 0.2) is 5.16 Å². The van der Waals surface area contributed by atoms with Gasteiger partial charge in [-0.2, -0.15) is 0 Å². The van der Waals surface area contributed by atoms with Crippen LogP contribution in [-0.2, 0) is 24.1 Å². The number of aromatic nitrogens is 2. The third-order valence-corrected chi connectivity index (χ3v) is 7.07. The second-order valence-corrected chi connectivity index (χ2v) is 9.41. The fraction of sp³-hybridized carbons (Fsp3) is 0.583. The number of piperidine rings is 1. The zero-order valence-electron chi connectivity index (χ0n) is 18.3. The van der Waals surface area contributed by atoms with Crippen molar-refractivity contribution in [3.8, 4) is 0 Å². The van der Waals surface area contributed by atoms with Crippen molar-refractivity contribution < 1.29 is 4.74 Å². The SMILES string of the molecule is COCCN(Cc1cnc(SC)nc1)C[C@H]1CCCN(C2Cc3ccccc3C2)C1. The lowest BCUT2D eigenvalue weighted by molar-refractivity contribution is 0.0843. The van der Waals surface area contributed by atoms with Crippen LogP contribution in [0.25, 0.3) is 0 Å². The molecule has 2 aromatic rings.